The van der Waals surface area contributed by atoms with Crippen LogP contribution in [0.1, 0.15) is 15.9 Å². The van der Waals surface area contributed by atoms with Crippen molar-refractivity contribution in [3.05, 3.63) is 126 Å². The Hall–Kier alpha value is -3.54. The molecule has 0 aromatic heterocycles. The molecule has 5 aromatic carbocycles. The van der Waals surface area contributed by atoms with Crippen molar-refractivity contribution in [1.82, 2.24) is 0 Å². The molecule has 230 valence electrons. The first kappa shape index (κ1) is 37.3. The number of hydrogen-bond donors (Lipinski definition) is 2. The van der Waals surface area contributed by atoms with E-state index < -0.39 is 35.8 Å². The van der Waals surface area contributed by atoms with Crippen molar-refractivity contribution < 1.29 is 89.9 Å². The molecule has 0 saturated carbocycles. The van der Waals surface area contributed by atoms with E-state index in [1.165, 1.54) is 30.3 Å². The van der Waals surface area contributed by atoms with Gasteiger partial charge in [-0.1, -0.05) is 66.7 Å². The van der Waals surface area contributed by atoms with Crippen molar-refractivity contribution in [2.24, 2.45) is 15.3 Å². The second kappa shape index (κ2) is 15.3. The van der Waals surface area contributed by atoms with Gasteiger partial charge in [0, 0.05) is 27.6 Å². The van der Waals surface area contributed by atoms with Crippen LogP contribution in [0.4, 0.5) is 28.4 Å². The van der Waals surface area contributed by atoms with Gasteiger partial charge in [-0.3, -0.25) is 10.2 Å². The van der Waals surface area contributed by atoms with Crippen LogP contribution >= 0.6 is 0 Å². The van der Waals surface area contributed by atoms with Crippen LogP contribution in [0.5, 0.6) is 0 Å². The molecular formula is C32H21N5Na2O7S2. The molecule has 0 radical (unpaired) electrons. The summed E-state index contributed by atoms with van der Waals surface area (Å²) in [5.74, 6) is -0.560. The number of carbonyl (C=O) groups is 1. The number of nitrogens with zero attached hydrogens (tertiary/aromatic N) is 3. The standard InChI is InChI=1S/C32H23N5O7S2.2Na/c38-32-25-13-7-6-12-24(25)30(45(39,40)41)19-29(32)37-36-27-17-16-26(22-10-4-5-11-23(22)27)35-34-21-14-15-28(31(18-21)46(42,43)44)33-20-8-2-1-3-9-20;;/h1-19,33,36H,(H,39,40,41)(H,42,43,44);;/q;2*+1/p-2. The van der Waals surface area contributed by atoms with E-state index in [1.807, 2.05) is 0 Å². The number of Topliss-reactive ketones (excluding diaryl/α,β-unsaturated/α-hetero) is 1. The summed E-state index contributed by atoms with van der Waals surface area (Å²) in [4.78, 5) is 12.0. The number of carbonyl (C=O) groups excluding carboxylic acids is 1. The molecule has 16 heteroatoms. The van der Waals surface area contributed by atoms with Crippen molar-refractivity contribution in [1.29, 1.82) is 0 Å². The Kier molecular flexibility index (Phi) is 11.9. The zero-order valence-corrected chi connectivity index (χ0v) is 31.1. The van der Waals surface area contributed by atoms with Gasteiger partial charge in [-0.25, -0.2) is 16.8 Å². The molecule has 1 aliphatic rings. The van der Waals surface area contributed by atoms with Gasteiger partial charge in [-0.05, 0) is 48.5 Å². The van der Waals surface area contributed by atoms with Crippen molar-refractivity contribution in [3.8, 4) is 0 Å². The minimum atomic E-state index is -4.90. The molecule has 6 rings (SSSR count). The van der Waals surface area contributed by atoms with E-state index in [2.05, 4.69) is 26.1 Å². The average Bonchev–Trinajstić information content (AvgIpc) is 3.04. The monoisotopic (exact) mass is 697 g/mol. The molecule has 0 bridgehead atoms. The van der Waals surface area contributed by atoms with E-state index in [9.17, 15) is 30.7 Å². The Labute approximate surface area is 320 Å². The zero-order valence-electron chi connectivity index (χ0n) is 25.5. The summed E-state index contributed by atoms with van der Waals surface area (Å²) in [6.07, 6.45) is 0.946. The van der Waals surface area contributed by atoms with Gasteiger partial charge in [-0.2, -0.15) is 10.2 Å². The summed E-state index contributed by atoms with van der Waals surface area (Å²) in [5, 5.41) is 16.7. The number of fused-ring (bicyclic) bond motifs is 2. The van der Waals surface area contributed by atoms with Crippen molar-refractivity contribution >= 4 is 75.8 Å². The molecule has 5 aromatic rings. The van der Waals surface area contributed by atoms with E-state index in [0.717, 1.165) is 12.1 Å². The Morgan fingerprint density at radius 3 is 1.94 bits per heavy atom. The third kappa shape index (κ3) is 8.18. The quantitative estimate of drug-likeness (QED) is 0.100. The fourth-order valence-corrected chi connectivity index (χ4v) is 6.21. The molecule has 0 heterocycles. The fourth-order valence-electron chi connectivity index (χ4n) is 4.85. The second-order valence-corrected chi connectivity index (χ2v) is 12.6. The largest absolute Gasteiger partial charge is 1.00 e. The Bertz CT molecular complexity index is 2350. The molecule has 0 fully saturated rings. The van der Waals surface area contributed by atoms with Crippen molar-refractivity contribution in [2.45, 2.75) is 4.90 Å². The topological polar surface area (TPSA) is 193 Å². The summed E-state index contributed by atoms with van der Waals surface area (Å²) in [6.45, 7) is 0. The first-order chi connectivity index (χ1) is 22.0. The van der Waals surface area contributed by atoms with E-state index in [1.54, 1.807) is 72.8 Å². The van der Waals surface area contributed by atoms with E-state index in [-0.39, 0.29) is 87.3 Å². The molecule has 1 aliphatic carbocycles. The molecule has 48 heavy (non-hydrogen) atoms. The predicted molar refractivity (Wildman–Crippen MR) is 172 cm³/mol. The summed E-state index contributed by atoms with van der Waals surface area (Å²) in [5.41, 5.74) is 4.22. The summed E-state index contributed by atoms with van der Waals surface area (Å²) in [6, 6.07) is 29.0. The third-order valence-electron chi connectivity index (χ3n) is 6.97. The maximum absolute atomic E-state index is 13.0. The van der Waals surface area contributed by atoms with Crippen molar-refractivity contribution in [3.63, 3.8) is 0 Å². The van der Waals surface area contributed by atoms with Crippen LogP contribution in [-0.2, 0) is 20.2 Å². The molecular weight excluding hydrogens is 676 g/mol. The first-order valence-electron chi connectivity index (χ1n) is 13.5. The van der Waals surface area contributed by atoms with Gasteiger partial charge in [0.05, 0.1) is 32.6 Å². The number of rotatable bonds is 8. The number of ketones is 1. The van der Waals surface area contributed by atoms with Gasteiger partial charge in [0.15, 0.2) is 0 Å². The first-order valence-corrected chi connectivity index (χ1v) is 16.3. The molecule has 0 atom stereocenters. The average molecular weight is 698 g/mol. The number of allylic oxidation sites excluding steroid dienone is 1. The summed E-state index contributed by atoms with van der Waals surface area (Å²) < 4.78 is 72.0. The van der Waals surface area contributed by atoms with Gasteiger partial charge in [-0.15, -0.1) is 5.11 Å². The molecule has 0 amide bonds. The Morgan fingerprint density at radius 2 is 1.25 bits per heavy atom. The molecule has 12 nitrogen and oxygen atoms in total. The zero-order chi connectivity index (χ0) is 32.5. The fraction of sp³-hybridized carbons (Fsp3) is 0. The normalized spacial score (nSPS) is 13.8. The van der Waals surface area contributed by atoms with E-state index in [0.29, 0.717) is 27.8 Å². The van der Waals surface area contributed by atoms with E-state index >= 15 is 0 Å². The van der Waals surface area contributed by atoms with Crippen molar-refractivity contribution in [2.75, 3.05) is 10.7 Å². The summed E-state index contributed by atoms with van der Waals surface area (Å²) in [7, 11) is -9.76. The molecule has 2 N–H and O–H groups in total. The maximum atomic E-state index is 13.0. The minimum Gasteiger partial charge on any atom is -0.744 e. The number of benzene rings is 5. The van der Waals surface area contributed by atoms with Gasteiger partial charge < -0.3 is 14.4 Å². The van der Waals surface area contributed by atoms with Gasteiger partial charge in [0.2, 0.25) is 5.78 Å². The van der Waals surface area contributed by atoms with Crippen LogP contribution in [0.15, 0.2) is 135 Å². The molecule has 0 saturated heterocycles. The number of anilines is 3. The SMILES string of the molecule is O=C1C(=NNc2ccc(N=Nc3ccc(Nc4ccccc4)c(S(=O)(=O)[O-])c3)c3ccccc23)C=C(S(=O)(=O)[O-])c2ccccc21.[Na+].[Na+]. The third-order valence-corrected chi connectivity index (χ3v) is 8.72. The minimum absolute atomic E-state index is 0. The molecule has 0 spiro atoms. The van der Waals surface area contributed by atoms with Crippen LogP contribution in [-0.4, -0.2) is 37.4 Å². The van der Waals surface area contributed by atoms with Gasteiger partial charge in [0.25, 0.3) is 0 Å². The van der Waals surface area contributed by atoms with Crippen LogP contribution in [0.3, 0.4) is 0 Å². The van der Waals surface area contributed by atoms with Gasteiger partial charge >= 0.3 is 59.1 Å². The van der Waals surface area contributed by atoms with Crippen LogP contribution in [0, 0.1) is 0 Å². The predicted octanol–water partition coefficient (Wildman–Crippen LogP) is 0.461. The Morgan fingerprint density at radius 1 is 0.625 bits per heavy atom. The van der Waals surface area contributed by atoms with Gasteiger partial charge in [0.1, 0.15) is 25.9 Å². The maximum Gasteiger partial charge on any atom is 1.00 e. The number of hydrazone groups is 1. The smallest absolute Gasteiger partial charge is 0.744 e. The summed E-state index contributed by atoms with van der Waals surface area (Å²) >= 11 is 0. The molecule has 0 unspecified atom stereocenters. The van der Waals surface area contributed by atoms with Crippen LogP contribution in [0.25, 0.3) is 15.7 Å². The second-order valence-electron chi connectivity index (χ2n) is 9.95. The number of azo groups is 1. The Balaban J connectivity index is 0.00000260. The van der Waals surface area contributed by atoms with Crippen LogP contribution < -0.4 is 69.9 Å². The number of para-hydroxylation sites is 1. The number of nitrogens with one attached hydrogen (secondary N) is 2. The van der Waals surface area contributed by atoms with Crippen LogP contribution in [0.2, 0.25) is 0 Å². The number of hydrogen-bond acceptors (Lipinski definition) is 12. The molecule has 0 aliphatic heterocycles. The van der Waals surface area contributed by atoms with E-state index in [4.69, 9.17) is 0 Å².